The number of likely N-dealkylation sites (N-methyl/N-ethyl adjacent to an activating group) is 1. The second-order valence-electron chi connectivity index (χ2n) is 6.40. The Morgan fingerprint density at radius 3 is 2.60 bits per heavy atom. The lowest BCUT2D eigenvalue weighted by molar-refractivity contribution is 0.148. The highest BCUT2D eigenvalue weighted by Gasteiger charge is 2.15. The van der Waals surface area contributed by atoms with Crippen molar-refractivity contribution in [3.05, 3.63) is 21.4 Å². The Labute approximate surface area is 128 Å². The summed E-state index contributed by atoms with van der Waals surface area (Å²) in [5, 5.41) is 3.54. The standard InChI is InChI=1S/C16H29N3S/c1-13(2)10-17-11-16-9-15(14(3)20-16)12-19-7-5-18(4)6-8-19/h9,13,17H,5-8,10-12H2,1-4H3. The average Bonchev–Trinajstić information content (AvgIpc) is 2.72. The van der Waals surface area contributed by atoms with E-state index in [0.717, 1.165) is 25.6 Å². The molecular formula is C16H29N3S. The molecule has 0 radical (unpaired) electrons. The monoisotopic (exact) mass is 295 g/mol. The van der Waals surface area contributed by atoms with Gasteiger partial charge in [0.1, 0.15) is 0 Å². The molecule has 2 rings (SSSR count). The number of piperazine rings is 1. The van der Waals surface area contributed by atoms with Crippen LogP contribution in [0.5, 0.6) is 0 Å². The number of nitrogens with one attached hydrogen (secondary N) is 1. The maximum atomic E-state index is 3.54. The molecule has 3 nitrogen and oxygen atoms in total. The lowest BCUT2D eigenvalue weighted by atomic mass is 10.2. The molecule has 0 saturated carbocycles. The number of hydrogen-bond acceptors (Lipinski definition) is 4. The summed E-state index contributed by atoms with van der Waals surface area (Å²) < 4.78 is 0. The summed E-state index contributed by atoms with van der Waals surface area (Å²) in [6.07, 6.45) is 0. The van der Waals surface area contributed by atoms with Crippen LogP contribution in [0.3, 0.4) is 0 Å². The summed E-state index contributed by atoms with van der Waals surface area (Å²) in [7, 11) is 2.21. The molecule has 4 heteroatoms. The van der Waals surface area contributed by atoms with Crippen LogP contribution in [0, 0.1) is 12.8 Å². The highest BCUT2D eigenvalue weighted by Crippen LogP contribution is 2.23. The van der Waals surface area contributed by atoms with Gasteiger partial charge in [0.2, 0.25) is 0 Å². The Bertz CT molecular complexity index is 406. The summed E-state index contributed by atoms with van der Waals surface area (Å²) in [5.41, 5.74) is 1.53. The molecule has 1 aromatic heterocycles. The Morgan fingerprint density at radius 2 is 1.95 bits per heavy atom. The molecule has 0 aliphatic carbocycles. The fraction of sp³-hybridized carbons (Fsp3) is 0.750. The molecule has 114 valence electrons. The molecule has 1 aromatic rings. The number of thiophene rings is 1. The summed E-state index contributed by atoms with van der Waals surface area (Å²) in [4.78, 5) is 7.97. The first-order valence-corrected chi connectivity index (χ1v) is 8.56. The van der Waals surface area contributed by atoms with E-state index >= 15 is 0 Å². The van der Waals surface area contributed by atoms with Crippen LogP contribution in [0.15, 0.2) is 6.07 Å². The molecular weight excluding hydrogens is 266 g/mol. The number of hydrogen-bond donors (Lipinski definition) is 1. The minimum Gasteiger partial charge on any atom is -0.312 e. The quantitative estimate of drug-likeness (QED) is 0.870. The minimum absolute atomic E-state index is 0.723. The Hall–Kier alpha value is -0.420. The second-order valence-corrected chi connectivity index (χ2v) is 7.74. The molecule has 1 aliphatic rings. The van der Waals surface area contributed by atoms with Crippen molar-refractivity contribution in [2.45, 2.75) is 33.9 Å². The van der Waals surface area contributed by atoms with Crippen molar-refractivity contribution in [3.8, 4) is 0 Å². The van der Waals surface area contributed by atoms with Gasteiger partial charge in [0.05, 0.1) is 0 Å². The average molecular weight is 295 g/mol. The van der Waals surface area contributed by atoms with E-state index in [-0.39, 0.29) is 0 Å². The molecule has 1 aliphatic heterocycles. The normalized spacial score (nSPS) is 18.1. The predicted octanol–water partition coefficient (Wildman–Crippen LogP) is 2.55. The van der Waals surface area contributed by atoms with Crippen molar-refractivity contribution >= 4 is 11.3 Å². The topological polar surface area (TPSA) is 18.5 Å². The zero-order valence-corrected chi connectivity index (χ0v) is 14.2. The smallest absolute Gasteiger partial charge is 0.0300 e. The van der Waals surface area contributed by atoms with Gasteiger partial charge < -0.3 is 10.2 Å². The van der Waals surface area contributed by atoms with Gasteiger partial charge >= 0.3 is 0 Å². The first kappa shape index (κ1) is 16.0. The molecule has 20 heavy (non-hydrogen) atoms. The van der Waals surface area contributed by atoms with Gasteiger partial charge in [-0.3, -0.25) is 4.90 Å². The van der Waals surface area contributed by atoms with Crippen LogP contribution >= 0.6 is 11.3 Å². The molecule has 1 fully saturated rings. The van der Waals surface area contributed by atoms with Gasteiger partial charge in [0, 0.05) is 49.0 Å². The zero-order valence-electron chi connectivity index (χ0n) is 13.4. The van der Waals surface area contributed by atoms with E-state index in [0.29, 0.717) is 0 Å². The lowest BCUT2D eigenvalue weighted by Gasteiger charge is -2.32. The van der Waals surface area contributed by atoms with E-state index in [1.54, 1.807) is 0 Å². The summed E-state index contributed by atoms with van der Waals surface area (Å²) in [5.74, 6) is 0.723. The van der Waals surface area contributed by atoms with Crippen LogP contribution in [-0.4, -0.2) is 49.6 Å². The molecule has 0 spiro atoms. The van der Waals surface area contributed by atoms with Crippen molar-refractivity contribution in [2.75, 3.05) is 39.8 Å². The molecule has 0 aromatic carbocycles. The van der Waals surface area contributed by atoms with Crippen LogP contribution in [0.25, 0.3) is 0 Å². The lowest BCUT2D eigenvalue weighted by Crippen LogP contribution is -2.43. The largest absolute Gasteiger partial charge is 0.312 e. The van der Waals surface area contributed by atoms with Crippen molar-refractivity contribution < 1.29 is 0 Å². The number of nitrogens with zero attached hydrogens (tertiary/aromatic N) is 2. The van der Waals surface area contributed by atoms with Crippen LogP contribution in [-0.2, 0) is 13.1 Å². The van der Waals surface area contributed by atoms with Gasteiger partial charge in [-0.15, -0.1) is 11.3 Å². The first-order valence-electron chi connectivity index (χ1n) is 7.74. The Kier molecular flexibility index (Phi) is 6.02. The fourth-order valence-electron chi connectivity index (χ4n) is 2.56. The maximum Gasteiger partial charge on any atom is 0.0300 e. The molecule has 0 amide bonds. The predicted molar refractivity (Wildman–Crippen MR) is 88.4 cm³/mol. The summed E-state index contributed by atoms with van der Waals surface area (Å²) >= 11 is 1.96. The van der Waals surface area contributed by atoms with Gasteiger partial charge in [-0.25, -0.2) is 0 Å². The third-order valence-electron chi connectivity index (χ3n) is 3.91. The zero-order chi connectivity index (χ0) is 14.5. The van der Waals surface area contributed by atoms with E-state index < -0.39 is 0 Å². The summed E-state index contributed by atoms with van der Waals surface area (Å²) in [6, 6.07) is 2.41. The van der Waals surface area contributed by atoms with Crippen molar-refractivity contribution in [1.82, 2.24) is 15.1 Å². The maximum absolute atomic E-state index is 3.54. The molecule has 0 bridgehead atoms. The minimum atomic E-state index is 0.723. The highest BCUT2D eigenvalue weighted by molar-refractivity contribution is 7.12. The second kappa shape index (κ2) is 7.55. The van der Waals surface area contributed by atoms with Crippen LogP contribution in [0.4, 0.5) is 0 Å². The van der Waals surface area contributed by atoms with Gasteiger partial charge in [0.15, 0.2) is 0 Å². The fourth-order valence-corrected chi connectivity index (χ4v) is 3.59. The molecule has 1 saturated heterocycles. The van der Waals surface area contributed by atoms with Crippen molar-refractivity contribution in [3.63, 3.8) is 0 Å². The van der Waals surface area contributed by atoms with E-state index in [1.807, 2.05) is 11.3 Å². The van der Waals surface area contributed by atoms with Crippen LogP contribution in [0.2, 0.25) is 0 Å². The van der Waals surface area contributed by atoms with Gasteiger partial charge in [-0.1, -0.05) is 13.8 Å². The van der Waals surface area contributed by atoms with E-state index in [9.17, 15) is 0 Å². The van der Waals surface area contributed by atoms with E-state index in [1.165, 1.54) is 41.5 Å². The van der Waals surface area contributed by atoms with Crippen LogP contribution < -0.4 is 5.32 Å². The van der Waals surface area contributed by atoms with Crippen LogP contribution in [0.1, 0.15) is 29.2 Å². The summed E-state index contributed by atoms with van der Waals surface area (Å²) in [6.45, 7) is 14.8. The third-order valence-corrected chi connectivity index (χ3v) is 5.01. The van der Waals surface area contributed by atoms with E-state index in [2.05, 4.69) is 49.0 Å². The van der Waals surface area contributed by atoms with Crippen molar-refractivity contribution in [1.29, 1.82) is 0 Å². The third kappa shape index (κ3) is 4.85. The molecule has 0 unspecified atom stereocenters. The first-order chi connectivity index (χ1) is 9.54. The number of aryl methyl sites for hydroxylation is 1. The van der Waals surface area contributed by atoms with Gasteiger partial charge in [-0.2, -0.15) is 0 Å². The van der Waals surface area contributed by atoms with Crippen molar-refractivity contribution in [2.24, 2.45) is 5.92 Å². The molecule has 2 heterocycles. The van der Waals surface area contributed by atoms with Gasteiger partial charge in [-0.05, 0) is 38.1 Å². The van der Waals surface area contributed by atoms with E-state index in [4.69, 9.17) is 0 Å². The molecule has 1 N–H and O–H groups in total. The molecule has 0 atom stereocenters. The highest BCUT2D eigenvalue weighted by atomic mass is 32.1. The number of rotatable bonds is 6. The Balaban J connectivity index is 1.84. The Morgan fingerprint density at radius 1 is 1.25 bits per heavy atom. The SMILES string of the molecule is Cc1sc(CNCC(C)C)cc1CN1CCN(C)CC1. The van der Waals surface area contributed by atoms with Gasteiger partial charge in [0.25, 0.3) is 0 Å².